The maximum absolute atomic E-state index is 5.29. The second-order valence-corrected chi connectivity index (χ2v) is 4.85. The van der Waals surface area contributed by atoms with Crippen molar-refractivity contribution < 1.29 is 4.74 Å². The van der Waals surface area contributed by atoms with Gasteiger partial charge in [-0.05, 0) is 44.0 Å². The Bertz CT molecular complexity index is 610. The minimum Gasteiger partial charge on any atom is -0.495 e. The molecule has 0 atom stereocenters. The third-order valence-electron chi connectivity index (χ3n) is 3.16. The quantitative estimate of drug-likeness (QED) is 0.659. The highest BCUT2D eigenvalue weighted by molar-refractivity contribution is 5.81. The Hall–Kier alpha value is -2.29. The molecule has 20 heavy (non-hydrogen) atoms. The van der Waals surface area contributed by atoms with Crippen molar-refractivity contribution in [3.8, 4) is 5.75 Å². The lowest BCUT2D eigenvalue weighted by atomic mass is 10.1. The zero-order valence-electron chi connectivity index (χ0n) is 12.4. The number of rotatable bonds is 4. The molecule has 0 radical (unpaired) electrons. The topological polar surface area (TPSA) is 33.6 Å². The van der Waals surface area contributed by atoms with E-state index in [0.717, 1.165) is 17.1 Å². The molecule has 0 bridgehead atoms. The standard InChI is InChI=1S/C17H20N2O/c1-12-9-13(2)17(14(3)10-12)19-11-18-15-7-5-6-8-16(15)20-4/h5-11H,1-4H3,(H,18,19). The summed E-state index contributed by atoms with van der Waals surface area (Å²) in [7, 11) is 1.66. The summed E-state index contributed by atoms with van der Waals surface area (Å²) in [5.41, 5.74) is 5.54. The molecule has 1 N–H and O–H groups in total. The minimum absolute atomic E-state index is 0.802. The van der Waals surface area contributed by atoms with Gasteiger partial charge in [0, 0.05) is 0 Å². The molecule has 2 aromatic carbocycles. The fraction of sp³-hybridized carbons (Fsp3) is 0.235. The molecule has 0 heterocycles. The van der Waals surface area contributed by atoms with E-state index in [0.29, 0.717) is 0 Å². The number of para-hydroxylation sites is 2. The molecule has 0 aliphatic carbocycles. The smallest absolute Gasteiger partial charge is 0.142 e. The molecule has 3 nitrogen and oxygen atoms in total. The van der Waals surface area contributed by atoms with Crippen LogP contribution in [0.25, 0.3) is 0 Å². The van der Waals surface area contributed by atoms with E-state index in [2.05, 4.69) is 43.2 Å². The Kier molecular flexibility index (Phi) is 4.41. The van der Waals surface area contributed by atoms with Gasteiger partial charge in [0.05, 0.1) is 24.8 Å². The van der Waals surface area contributed by atoms with Gasteiger partial charge >= 0.3 is 0 Å². The molecular weight excluding hydrogens is 248 g/mol. The first-order chi connectivity index (χ1) is 9.61. The lowest BCUT2D eigenvalue weighted by Gasteiger charge is -2.08. The van der Waals surface area contributed by atoms with Crippen molar-refractivity contribution in [2.24, 2.45) is 4.99 Å². The number of ether oxygens (including phenoxy) is 1. The van der Waals surface area contributed by atoms with Gasteiger partial charge in [0.15, 0.2) is 0 Å². The Balaban J connectivity index is 2.19. The molecular formula is C17H20N2O. The molecule has 0 saturated carbocycles. The average Bonchev–Trinajstić information content (AvgIpc) is 2.42. The molecule has 3 heteroatoms. The summed E-state index contributed by atoms with van der Waals surface area (Å²) in [6, 6.07) is 12.1. The van der Waals surface area contributed by atoms with E-state index in [1.165, 1.54) is 16.7 Å². The Labute approximate surface area is 120 Å². The number of nitrogens with one attached hydrogen (secondary N) is 1. The van der Waals surface area contributed by atoms with Crippen LogP contribution in [-0.4, -0.2) is 13.4 Å². The van der Waals surface area contributed by atoms with E-state index in [1.807, 2.05) is 24.3 Å². The summed E-state index contributed by atoms with van der Waals surface area (Å²) in [6.45, 7) is 6.26. The second kappa shape index (κ2) is 6.24. The lowest BCUT2D eigenvalue weighted by molar-refractivity contribution is 0.417. The van der Waals surface area contributed by atoms with Crippen LogP contribution in [0, 0.1) is 20.8 Å². The van der Waals surface area contributed by atoms with Gasteiger partial charge in [0.25, 0.3) is 0 Å². The van der Waals surface area contributed by atoms with E-state index in [1.54, 1.807) is 13.4 Å². The van der Waals surface area contributed by atoms with Crippen molar-refractivity contribution in [3.63, 3.8) is 0 Å². The first-order valence-electron chi connectivity index (χ1n) is 6.61. The summed E-state index contributed by atoms with van der Waals surface area (Å²) < 4.78 is 5.29. The van der Waals surface area contributed by atoms with Crippen molar-refractivity contribution in [2.45, 2.75) is 20.8 Å². The maximum Gasteiger partial charge on any atom is 0.142 e. The largest absolute Gasteiger partial charge is 0.495 e. The number of aryl methyl sites for hydroxylation is 3. The number of hydrogen-bond acceptors (Lipinski definition) is 2. The van der Waals surface area contributed by atoms with Crippen molar-refractivity contribution in [1.29, 1.82) is 0 Å². The van der Waals surface area contributed by atoms with Gasteiger partial charge < -0.3 is 10.1 Å². The third-order valence-corrected chi connectivity index (χ3v) is 3.16. The van der Waals surface area contributed by atoms with Crippen LogP contribution in [0.5, 0.6) is 5.75 Å². The fourth-order valence-electron chi connectivity index (χ4n) is 2.31. The number of nitrogens with zero attached hydrogens (tertiary/aromatic N) is 1. The van der Waals surface area contributed by atoms with Gasteiger partial charge in [-0.2, -0.15) is 0 Å². The molecule has 2 aromatic rings. The molecule has 0 unspecified atom stereocenters. The maximum atomic E-state index is 5.29. The molecule has 0 aliphatic rings. The van der Waals surface area contributed by atoms with Crippen LogP contribution in [0.4, 0.5) is 11.4 Å². The molecule has 0 amide bonds. The van der Waals surface area contributed by atoms with Crippen molar-refractivity contribution in [2.75, 3.05) is 12.4 Å². The van der Waals surface area contributed by atoms with Crippen LogP contribution in [-0.2, 0) is 0 Å². The summed E-state index contributed by atoms with van der Waals surface area (Å²) in [5.74, 6) is 0.802. The SMILES string of the molecule is COc1ccccc1NC=Nc1c(C)cc(C)cc1C. The van der Waals surface area contributed by atoms with E-state index in [9.17, 15) is 0 Å². The van der Waals surface area contributed by atoms with E-state index < -0.39 is 0 Å². The zero-order chi connectivity index (χ0) is 14.5. The number of methoxy groups -OCH3 is 1. The van der Waals surface area contributed by atoms with Crippen LogP contribution in [0.2, 0.25) is 0 Å². The molecule has 0 aromatic heterocycles. The van der Waals surface area contributed by atoms with E-state index in [4.69, 9.17) is 4.74 Å². The van der Waals surface area contributed by atoms with E-state index in [-0.39, 0.29) is 0 Å². The number of aliphatic imine (C=N–C) groups is 1. The average molecular weight is 268 g/mol. The summed E-state index contributed by atoms with van der Waals surface area (Å²) in [4.78, 5) is 4.53. The molecule has 0 aliphatic heterocycles. The highest BCUT2D eigenvalue weighted by Gasteiger charge is 2.02. The van der Waals surface area contributed by atoms with Crippen LogP contribution in [0.3, 0.4) is 0 Å². The summed E-state index contributed by atoms with van der Waals surface area (Å²) >= 11 is 0. The molecule has 0 saturated heterocycles. The van der Waals surface area contributed by atoms with E-state index >= 15 is 0 Å². The predicted octanol–water partition coefficient (Wildman–Crippen LogP) is 4.39. The van der Waals surface area contributed by atoms with Gasteiger partial charge in [0.2, 0.25) is 0 Å². The van der Waals surface area contributed by atoms with Crippen LogP contribution in [0.1, 0.15) is 16.7 Å². The monoisotopic (exact) mass is 268 g/mol. The number of benzene rings is 2. The lowest BCUT2D eigenvalue weighted by Crippen LogP contribution is -1.97. The minimum atomic E-state index is 0.802. The Morgan fingerprint density at radius 2 is 1.70 bits per heavy atom. The first kappa shape index (κ1) is 14.1. The van der Waals surface area contributed by atoms with Gasteiger partial charge in [-0.1, -0.05) is 29.8 Å². The van der Waals surface area contributed by atoms with Crippen molar-refractivity contribution in [3.05, 3.63) is 53.1 Å². The second-order valence-electron chi connectivity index (χ2n) is 4.85. The van der Waals surface area contributed by atoms with Crippen molar-refractivity contribution >= 4 is 17.7 Å². The van der Waals surface area contributed by atoms with Gasteiger partial charge in [-0.3, -0.25) is 0 Å². The molecule has 0 spiro atoms. The Morgan fingerprint density at radius 3 is 2.35 bits per heavy atom. The zero-order valence-corrected chi connectivity index (χ0v) is 12.4. The van der Waals surface area contributed by atoms with Crippen molar-refractivity contribution in [1.82, 2.24) is 0 Å². The van der Waals surface area contributed by atoms with Gasteiger partial charge in [-0.15, -0.1) is 0 Å². The fourth-order valence-corrected chi connectivity index (χ4v) is 2.31. The summed E-state index contributed by atoms with van der Waals surface area (Å²) in [6.07, 6.45) is 1.71. The summed E-state index contributed by atoms with van der Waals surface area (Å²) in [5, 5.41) is 3.17. The number of anilines is 1. The number of hydrogen-bond donors (Lipinski definition) is 1. The molecule has 104 valence electrons. The van der Waals surface area contributed by atoms with Crippen LogP contribution < -0.4 is 10.1 Å². The predicted molar refractivity (Wildman–Crippen MR) is 85.4 cm³/mol. The Morgan fingerprint density at radius 1 is 1.05 bits per heavy atom. The van der Waals surface area contributed by atoms with Gasteiger partial charge in [0.1, 0.15) is 5.75 Å². The highest BCUT2D eigenvalue weighted by atomic mass is 16.5. The third kappa shape index (κ3) is 3.18. The highest BCUT2D eigenvalue weighted by Crippen LogP contribution is 2.25. The van der Waals surface area contributed by atoms with Gasteiger partial charge in [-0.25, -0.2) is 4.99 Å². The normalized spacial score (nSPS) is 10.8. The first-order valence-corrected chi connectivity index (χ1v) is 6.61. The molecule has 0 fully saturated rings. The van der Waals surface area contributed by atoms with Crippen LogP contribution >= 0.6 is 0 Å². The molecule has 2 rings (SSSR count). The van der Waals surface area contributed by atoms with Crippen LogP contribution in [0.15, 0.2) is 41.4 Å².